The van der Waals surface area contributed by atoms with Gasteiger partial charge in [-0.1, -0.05) is 22.0 Å². The SMILES string of the molecule is O=C(Nc1cc(Br)ccc1O)c1cnn2c1N[C@@H](c1cccs1)C[C@@H]2C(F)(F)F. The van der Waals surface area contributed by atoms with Crippen LogP contribution in [0.25, 0.3) is 0 Å². The van der Waals surface area contributed by atoms with E-state index in [4.69, 9.17) is 0 Å². The monoisotopic (exact) mass is 486 g/mol. The molecule has 152 valence electrons. The minimum absolute atomic E-state index is 0.0102. The number of alkyl halides is 3. The lowest BCUT2D eigenvalue weighted by Crippen LogP contribution is -2.36. The third-order valence-corrected chi connectivity index (χ3v) is 6.06. The summed E-state index contributed by atoms with van der Waals surface area (Å²) in [5.41, 5.74) is 0.0854. The van der Waals surface area contributed by atoms with Crippen molar-refractivity contribution in [3.8, 4) is 5.75 Å². The summed E-state index contributed by atoms with van der Waals surface area (Å²) in [7, 11) is 0. The van der Waals surface area contributed by atoms with Crippen molar-refractivity contribution < 1.29 is 23.1 Å². The van der Waals surface area contributed by atoms with Gasteiger partial charge < -0.3 is 15.7 Å². The minimum atomic E-state index is -4.52. The summed E-state index contributed by atoms with van der Waals surface area (Å²) in [6.45, 7) is 0. The molecule has 4 rings (SSSR count). The lowest BCUT2D eigenvalue weighted by Gasteiger charge is -2.33. The van der Waals surface area contributed by atoms with Gasteiger partial charge in [-0.2, -0.15) is 18.3 Å². The maximum Gasteiger partial charge on any atom is 0.410 e. The number of hydrogen-bond donors (Lipinski definition) is 3. The number of nitrogens with one attached hydrogen (secondary N) is 2. The quantitative estimate of drug-likeness (QED) is 0.437. The number of aromatic hydroxyl groups is 1. The van der Waals surface area contributed by atoms with Crippen LogP contribution >= 0.6 is 27.3 Å². The molecule has 0 aliphatic carbocycles. The van der Waals surface area contributed by atoms with Crippen LogP contribution < -0.4 is 10.6 Å². The van der Waals surface area contributed by atoms with E-state index in [1.54, 1.807) is 23.6 Å². The van der Waals surface area contributed by atoms with Gasteiger partial charge in [0.05, 0.1) is 17.9 Å². The van der Waals surface area contributed by atoms with E-state index in [0.29, 0.717) is 4.47 Å². The first-order valence-electron chi connectivity index (χ1n) is 8.48. The highest BCUT2D eigenvalue weighted by Gasteiger charge is 2.47. The van der Waals surface area contributed by atoms with E-state index in [1.165, 1.54) is 23.5 Å². The van der Waals surface area contributed by atoms with E-state index >= 15 is 0 Å². The zero-order valence-corrected chi connectivity index (χ0v) is 17.0. The highest BCUT2D eigenvalue weighted by Crippen LogP contribution is 2.45. The first kappa shape index (κ1) is 19.8. The Morgan fingerprint density at radius 3 is 2.86 bits per heavy atom. The molecule has 29 heavy (non-hydrogen) atoms. The second kappa shape index (κ2) is 7.38. The summed E-state index contributed by atoms with van der Waals surface area (Å²) in [6, 6.07) is 5.53. The molecule has 1 aliphatic heterocycles. The van der Waals surface area contributed by atoms with Crippen molar-refractivity contribution in [2.24, 2.45) is 0 Å². The predicted octanol–water partition coefficient (Wildman–Crippen LogP) is 5.33. The molecule has 11 heteroatoms. The first-order chi connectivity index (χ1) is 13.7. The molecule has 1 aliphatic rings. The number of amides is 1. The van der Waals surface area contributed by atoms with Gasteiger partial charge >= 0.3 is 6.18 Å². The Morgan fingerprint density at radius 1 is 1.38 bits per heavy atom. The van der Waals surface area contributed by atoms with Crippen LogP contribution in [0.5, 0.6) is 5.75 Å². The molecule has 3 heterocycles. The van der Waals surface area contributed by atoms with Crippen LogP contribution in [-0.2, 0) is 0 Å². The molecule has 0 bridgehead atoms. The smallest absolute Gasteiger partial charge is 0.410 e. The zero-order valence-electron chi connectivity index (χ0n) is 14.6. The van der Waals surface area contributed by atoms with Crippen molar-refractivity contribution in [2.45, 2.75) is 24.7 Å². The van der Waals surface area contributed by atoms with Gasteiger partial charge in [0.1, 0.15) is 17.1 Å². The Labute approximate surface area is 175 Å². The number of phenols is 1. The molecule has 2 aromatic heterocycles. The molecular formula is C18H14BrF3N4O2S. The Hall–Kier alpha value is -2.53. The summed E-state index contributed by atoms with van der Waals surface area (Å²) in [4.78, 5) is 13.5. The minimum Gasteiger partial charge on any atom is -0.506 e. The topological polar surface area (TPSA) is 79.2 Å². The van der Waals surface area contributed by atoms with Gasteiger partial charge in [0.25, 0.3) is 5.91 Å². The molecule has 0 saturated heterocycles. The number of hydrogen-bond acceptors (Lipinski definition) is 5. The largest absolute Gasteiger partial charge is 0.506 e. The highest BCUT2D eigenvalue weighted by atomic mass is 79.9. The number of benzene rings is 1. The van der Waals surface area contributed by atoms with Crippen LogP contribution in [0.2, 0.25) is 0 Å². The summed E-state index contributed by atoms with van der Waals surface area (Å²) >= 11 is 4.58. The number of rotatable bonds is 3. The van der Waals surface area contributed by atoms with Gasteiger partial charge in [-0.25, -0.2) is 4.68 Å². The van der Waals surface area contributed by atoms with E-state index in [9.17, 15) is 23.1 Å². The number of thiophene rings is 1. The number of fused-ring (bicyclic) bond motifs is 1. The standard InChI is InChI=1S/C18H14BrF3N4O2S/c19-9-3-4-13(27)11(6-9)25-17(28)10-8-23-26-15(18(20,21)22)7-12(24-16(10)26)14-2-1-5-29-14/h1-6,8,12,15,24,27H,7H2,(H,25,28)/t12-,15-/m1/s1. The highest BCUT2D eigenvalue weighted by molar-refractivity contribution is 9.10. The van der Waals surface area contributed by atoms with Gasteiger partial charge in [-0.05, 0) is 29.6 Å². The van der Waals surface area contributed by atoms with Crippen LogP contribution in [0.15, 0.2) is 46.4 Å². The van der Waals surface area contributed by atoms with Crippen molar-refractivity contribution in [1.82, 2.24) is 9.78 Å². The average Bonchev–Trinajstić information content (AvgIpc) is 3.32. The van der Waals surface area contributed by atoms with E-state index in [1.807, 2.05) is 0 Å². The molecule has 1 amide bonds. The van der Waals surface area contributed by atoms with Crippen molar-refractivity contribution >= 4 is 44.7 Å². The number of phenolic OH excluding ortho intramolecular Hbond substituents is 1. The molecule has 0 unspecified atom stereocenters. The van der Waals surface area contributed by atoms with Gasteiger partial charge in [0.2, 0.25) is 0 Å². The maximum atomic E-state index is 13.7. The third kappa shape index (κ3) is 3.84. The lowest BCUT2D eigenvalue weighted by molar-refractivity contribution is -0.173. The number of nitrogens with zero attached hydrogens (tertiary/aromatic N) is 2. The first-order valence-corrected chi connectivity index (χ1v) is 10.2. The van der Waals surface area contributed by atoms with Gasteiger partial charge in [-0.3, -0.25) is 4.79 Å². The fourth-order valence-electron chi connectivity index (χ4n) is 3.20. The molecule has 0 fully saturated rings. The van der Waals surface area contributed by atoms with Crippen molar-refractivity contribution in [3.05, 3.63) is 56.8 Å². The molecule has 6 nitrogen and oxygen atoms in total. The molecule has 3 aromatic rings. The lowest BCUT2D eigenvalue weighted by atomic mass is 10.0. The molecule has 3 N–H and O–H groups in total. The Kier molecular flexibility index (Phi) is 5.03. The zero-order chi connectivity index (χ0) is 20.8. The fraction of sp³-hybridized carbons (Fsp3) is 0.222. The number of anilines is 2. The summed E-state index contributed by atoms with van der Waals surface area (Å²) < 4.78 is 42.4. The van der Waals surface area contributed by atoms with E-state index < -0.39 is 24.2 Å². The molecule has 0 spiro atoms. The number of aromatic nitrogens is 2. The fourth-order valence-corrected chi connectivity index (χ4v) is 4.35. The van der Waals surface area contributed by atoms with E-state index in [2.05, 4.69) is 31.7 Å². The molecule has 0 radical (unpaired) electrons. The summed E-state index contributed by atoms with van der Waals surface area (Å²) in [5, 5.41) is 21.1. The second-order valence-electron chi connectivity index (χ2n) is 6.47. The van der Waals surface area contributed by atoms with Crippen LogP contribution in [0.1, 0.15) is 33.7 Å². The Bertz CT molecular complexity index is 1050. The van der Waals surface area contributed by atoms with Gasteiger partial charge in [0.15, 0.2) is 6.04 Å². The van der Waals surface area contributed by atoms with Crippen LogP contribution in [0, 0.1) is 0 Å². The third-order valence-electron chi connectivity index (χ3n) is 4.58. The predicted molar refractivity (Wildman–Crippen MR) is 106 cm³/mol. The Morgan fingerprint density at radius 2 is 2.17 bits per heavy atom. The molecule has 0 saturated carbocycles. The number of carbonyl (C=O) groups is 1. The molecule has 2 atom stereocenters. The van der Waals surface area contributed by atoms with Crippen molar-refractivity contribution in [3.63, 3.8) is 0 Å². The van der Waals surface area contributed by atoms with E-state index in [0.717, 1.165) is 15.8 Å². The van der Waals surface area contributed by atoms with Crippen molar-refractivity contribution in [2.75, 3.05) is 10.6 Å². The Balaban J connectivity index is 1.70. The summed E-state index contributed by atoms with van der Waals surface area (Å²) in [5.74, 6) is -0.857. The van der Waals surface area contributed by atoms with Crippen LogP contribution in [0.3, 0.4) is 0 Å². The number of carbonyl (C=O) groups excluding carboxylic acids is 1. The molecular weight excluding hydrogens is 473 g/mol. The maximum absolute atomic E-state index is 13.7. The van der Waals surface area contributed by atoms with Crippen LogP contribution in [-0.4, -0.2) is 27.0 Å². The van der Waals surface area contributed by atoms with Crippen LogP contribution in [0.4, 0.5) is 24.7 Å². The summed E-state index contributed by atoms with van der Waals surface area (Å²) in [6.07, 6.45) is -3.65. The number of halogens is 4. The van der Waals surface area contributed by atoms with Crippen molar-refractivity contribution in [1.29, 1.82) is 0 Å². The normalized spacial score (nSPS) is 18.8. The van der Waals surface area contributed by atoms with Gasteiger partial charge in [-0.15, -0.1) is 11.3 Å². The van der Waals surface area contributed by atoms with E-state index in [-0.39, 0.29) is 29.2 Å². The van der Waals surface area contributed by atoms with Gasteiger partial charge in [0, 0.05) is 15.8 Å². The molecule has 1 aromatic carbocycles. The second-order valence-corrected chi connectivity index (χ2v) is 8.37. The average molecular weight is 487 g/mol.